The van der Waals surface area contributed by atoms with Crippen LogP contribution in [-0.2, 0) is 11.2 Å². The summed E-state index contributed by atoms with van der Waals surface area (Å²) in [5, 5.41) is 4.94. The molecule has 0 bridgehead atoms. The monoisotopic (exact) mass is 405 g/mol. The first kappa shape index (κ1) is 19.2. The second kappa shape index (κ2) is 8.09. The van der Waals surface area contributed by atoms with Crippen molar-refractivity contribution in [2.24, 2.45) is 0 Å². The van der Waals surface area contributed by atoms with Crippen LogP contribution < -0.4 is 10.1 Å². The quantitative estimate of drug-likeness (QED) is 0.476. The Morgan fingerprint density at radius 3 is 2.79 bits per heavy atom. The number of thiazole rings is 1. The molecule has 29 heavy (non-hydrogen) atoms. The van der Waals surface area contributed by atoms with E-state index in [1.54, 1.807) is 11.3 Å². The van der Waals surface area contributed by atoms with E-state index in [0.717, 1.165) is 21.9 Å². The first-order valence-electron chi connectivity index (χ1n) is 9.60. The van der Waals surface area contributed by atoms with Gasteiger partial charge in [0.15, 0.2) is 4.96 Å². The van der Waals surface area contributed by atoms with Crippen molar-refractivity contribution < 1.29 is 9.53 Å². The summed E-state index contributed by atoms with van der Waals surface area (Å²) in [5.41, 5.74) is 6.12. The summed E-state index contributed by atoms with van der Waals surface area (Å²) < 4.78 is 7.59. The Kier molecular flexibility index (Phi) is 5.36. The van der Waals surface area contributed by atoms with Crippen molar-refractivity contribution in [3.05, 3.63) is 70.9 Å². The van der Waals surface area contributed by atoms with Crippen LogP contribution in [0.1, 0.15) is 23.7 Å². The van der Waals surface area contributed by atoms with Gasteiger partial charge in [-0.25, -0.2) is 4.98 Å². The summed E-state index contributed by atoms with van der Waals surface area (Å²) in [6.07, 6.45) is 2.27. The summed E-state index contributed by atoms with van der Waals surface area (Å²) in [4.78, 5) is 18.3. The first-order valence-corrected chi connectivity index (χ1v) is 10.5. The molecule has 148 valence electrons. The molecule has 0 aliphatic carbocycles. The Morgan fingerprint density at radius 2 is 2.00 bits per heavy atom. The molecule has 4 rings (SSSR count). The van der Waals surface area contributed by atoms with Gasteiger partial charge in [-0.2, -0.15) is 0 Å². The molecule has 0 fully saturated rings. The molecule has 0 aliphatic rings. The lowest BCUT2D eigenvalue weighted by molar-refractivity contribution is -0.115. The van der Waals surface area contributed by atoms with Crippen LogP contribution in [0.25, 0.3) is 16.2 Å². The summed E-state index contributed by atoms with van der Waals surface area (Å²) in [6, 6.07) is 13.8. The van der Waals surface area contributed by atoms with E-state index in [-0.39, 0.29) is 12.3 Å². The zero-order valence-corrected chi connectivity index (χ0v) is 17.5. The fourth-order valence-electron chi connectivity index (χ4n) is 3.21. The Labute approximate surface area is 174 Å². The number of nitrogens with one attached hydrogen (secondary N) is 1. The van der Waals surface area contributed by atoms with E-state index < -0.39 is 0 Å². The minimum atomic E-state index is -0.0849. The van der Waals surface area contributed by atoms with Gasteiger partial charge in [0.25, 0.3) is 0 Å². The zero-order valence-electron chi connectivity index (χ0n) is 16.7. The molecule has 0 saturated carbocycles. The van der Waals surface area contributed by atoms with E-state index in [1.165, 1.54) is 11.1 Å². The minimum Gasteiger partial charge on any atom is -0.492 e. The third-order valence-electron chi connectivity index (χ3n) is 4.89. The molecule has 0 unspecified atom stereocenters. The lowest BCUT2D eigenvalue weighted by atomic mass is 10.0. The molecule has 2 aromatic carbocycles. The van der Waals surface area contributed by atoms with Crippen molar-refractivity contribution >= 4 is 27.9 Å². The smallest absolute Gasteiger partial charge is 0.230 e. The predicted molar refractivity (Wildman–Crippen MR) is 118 cm³/mol. The second-order valence-corrected chi connectivity index (χ2v) is 7.80. The largest absolute Gasteiger partial charge is 0.492 e. The van der Waals surface area contributed by atoms with E-state index in [9.17, 15) is 4.79 Å². The van der Waals surface area contributed by atoms with Crippen LogP contribution in [0.5, 0.6) is 5.75 Å². The topological polar surface area (TPSA) is 55.6 Å². The standard InChI is InChI=1S/C23H23N3O2S/c1-4-28-21-8-6-5-7-19(21)24-22(27)12-18-14-29-23-25-20(13-26(18)23)17-10-9-15(2)16(3)11-17/h5-11,13-14H,4,12H2,1-3H3,(H,24,27). The molecule has 0 saturated heterocycles. The maximum absolute atomic E-state index is 12.6. The number of aryl methyl sites for hydroxylation is 2. The van der Waals surface area contributed by atoms with Gasteiger partial charge in [-0.05, 0) is 50.1 Å². The molecule has 2 heterocycles. The third kappa shape index (κ3) is 4.03. The number of nitrogens with zero attached hydrogens (tertiary/aromatic N) is 2. The van der Waals surface area contributed by atoms with Gasteiger partial charge in [0.2, 0.25) is 5.91 Å². The summed E-state index contributed by atoms with van der Waals surface area (Å²) >= 11 is 1.54. The number of amides is 1. The minimum absolute atomic E-state index is 0.0849. The highest BCUT2D eigenvalue weighted by atomic mass is 32.1. The number of fused-ring (bicyclic) bond motifs is 1. The number of para-hydroxylation sites is 2. The average molecular weight is 406 g/mol. The third-order valence-corrected chi connectivity index (χ3v) is 5.78. The number of hydrogen-bond acceptors (Lipinski definition) is 4. The number of rotatable bonds is 6. The van der Waals surface area contributed by atoms with Crippen molar-refractivity contribution in [1.29, 1.82) is 0 Å². The van der Waals surface area contributed by atoms with Crippen LogP contribution in [0.15, 0.2) is 54.0 Å². The number of carbonyl (C=O) groups excluding carboxylic acids is 1. The van der Waals surface area contributed by atoms with Gasteiger partial charge in [0, 0.05) is 22.8 Å². The van der Waals surface area contributed by atoms with Crippen molar-refractivity contribution in [3.63, 3.8) is 0 Å². The number of benzene rings is 2. The first-order chi connectivity index (χ1) is 14.0. The highest BCUT2D eigenvalue weighted by molar-refractivity contribution is 7.15. The second-order valence-electron chi connectivity index (χ2n) is 6.96. The summed E-state index contributed by atoms with van der Waals surface area (Å²) in [7, 11) is 0. The number of anilines is 1. The number of aromatic nitrogens is 2. The van der Waals surface area contributed by atoms with E-state index >= 15 is 0 Å². The van der Waals surface area contributed by atoms with E-state index in [1.807, 2.05) is 47.2 Å². The molecule has 0 spiro atoms. The molecule has 1 amide bonds. The van der Waals surface area contributed by atoms with Gasteiger partial charge in [0.05, 0.1) is 24.4 Å². The lowest BCUT2D eigenvalue weighted by Gasteiger charge is -2.11. The van der Waals surface area contributed by atoms with E-state index in [2.05, 4.69) is 37.4 Å². The molecular weight excluding hydrogens is 382 g/mol. The number of carbonyl (C=O) groups is 1. The molecule has 0 radical (unpaired) electrons. The number of imidazole rings is 1. The van der Waals surface area contributed by atoms with Crippen LogP contribution in [-0.4, -0.2) is 21.9 Å². The van der Waals surface area contributed by atoms with Crippen LogP contribution in [0.3, 0.4) is 0 Å². The fraction of sp³-hybridized carbons (Fsp3) is 0.217. The van der Waals surface area contributed by atoms with Gasteiger partial charge >= 0.3 is 0 Å². The molecule has 4 aromatic rings. The van der Waals surface area contributed by atoms with Crippen molar-refractivity contribution in [2.45, 2.75) is 27.2 Å². The SMILES string of the molecule is CCOc1ccccc1NC(=O)Cc1csc2nc(-c3ccc(C)c(C)c3)cn12. The molecule has 2 aromatic heterocycles. The van der Waals surface area contributed by atoms with Gasteiger partial charge in [-0.3, -0.25) is 9.20 Å². The van der Waals surface area contributed by atoms with Crippen LogP contribution in [0.4, 0.5) is 5.69 Å². The molecular formula is C23H23N3O2S. The van der Waals surface area contributed by atoms with E-state index in [4.69, 9.17) is 9.72 Å². The highest BCUT2D eigenvalue weighted by Gasteiger charge is 2.14. The Balaban J connectivity index is 1.55. The highest BCUT2D eigenvalue weighted by Crippen LogP contribution is 2.27. The van der Waals surface area contributed by atoms with Crippen molar-refractivity contribution in [3.8, 4) is 17.0 Å². The normalized spacial score (nSPS) is 11.0. The number of ether oxygens (including phenoxy) is 1. The van der Waals surface area contributed by atoms with Crippen molar-refractivity contribution in [1.82, 2.24) is 9.38 Å². The Morgan fingerprint density at radius 1 is 1.17 bits per heavy atom. The maximum Gasteiger partial charge on any atom is 0.230 e. The molecule has 1 N–H and O–H groups in total. The maximum atomic E-state index is 12.6. The van der Waals surface area contributed by atoms with Gasteiger partial charge in [-0.1, -0.05) is 24.3 Å². The van der Waals surface area contributed by atoms with Crippen molar-refractivity contribution in [2.75, 3.05) is 11.9 Å². The molecule has 0 aliphatic heterocycles. The number of hydrogen-bond donors (Lipinski definition) is 1. The van der Waals surface area contributed by atoms with Gasteiger partial charge in [-0.15, -0.1) is 11.3 Å². The van der Waals surface area contributed by atoms with Crippen LogP contribution >= 0.6 is 11.3 Å². The Hall–Kier alpha value is -3.12. The van der Waals surface area contributed by atoms with Gasteiger partial charge in [0.1, 0.15) is 5.75 Å². The molecule has 0 atom stereocenters. The molecule has 5 nitrogen and oxygen atoms in total. The predicted octanol–water partition coefficient (Wildman–Crippen LogP) is 5.26. The van der Waals surface area contributed by atoms with Gasteiger partial charge < -0.3 is 10.1 Å². The van der Waals surface area contributed by atoms with Crippen LogP contribution in [0, 0.1) is 13.8 Å². The van der Waals surface area contributed by atoms with Crippen LogP contribution in [0.2, 0.25) is 0 Å². The fourth-order valence-corrected chi connectivity index (χ4v) is 4.08. The zero-order chi connectivity index (χ0) is 20.4. The van der Waals surface area contributed by atoms with E-state index in [0.29, 0.717) is 18.0 Å². The average Bonchev–Trinajstić information content (AvgIpc) is 3.28. The summed E-state index contributed by atoms with van der Waals surface area (Å²) in [5.74, 6) is 0.594. The lowest BCUT2D eigenvalue weighted by Crippen LogP contribution is -2.16. The Bertz CT molecular complexity index is 1180. The summed E-state index contributed by atoms with van der Waals surface area (Å²) in [6.45, 7) is 6.68. The molecule has 6 heteroatoms.